The Bertz CT molecular complexity index is 1120. The standard InChI is InChI=1S/C22H22N4O3/c1-25(14-19-23-18-6-3-2-5-17(18)22(29)24-19)21(28)13-15-8-10-16(11-9-15)26-12-4-7-20(26)27/h2-3,5-6,8-11H,4,7,12-14H2,1H3,(H,23,24,29). The van der Waals surface area contributed by atoms with Gasteiger partial charge in [-0.3, -0.25) is 14.4 Å². The first-order valence-electron chi connectivity index (χ1n) is 9.62. The number of benzene rings is 2. The smallest absolute Gasteiger partial charge is 0.258 e. The van der Waals surface area contributed by atoms with Crippen LogP contribution in [-0.4, -0.2) is 40.3 Å². The van der Waals surface area contributed by atoms with Crippen LogP contribution in [0.3, 0.4) is 0 Å². The lowest BCUT2D eigenvalue weighted by molar-refractivity contribution is -0.129. The number of hydrogen-bond donors (Lipinski definition) is 1. The molecule has 1 saturated heterocycles. The summed E-state index contributed by atoms with van der Waals surface area (Å²) in [6, 6.07) is 14.6. The fourth-order valence-electron chi connectivity index (χ4n) is 3.55. The van der Waals surface area contributed by atoms with Crippen LogP contribution in [0, 0.1) is 0 Å². The maximum atomic E-state index is 12.6. The Morgan fingerprint density at radius 3 is 2.62 bits per heavy atom. The average Bonchev–Trinajstić information content (AvgIpc) is 3.14. The Morgan fingerprint density at radius 2 is 1.90 bits per heavy atom. The summed E-state index contributed by atoms with van der Waals surface area (Å²) in [7, 11) is 1.69. The molecule has 3 aromatic rings. The molecule has 148 valence electrons. The van der Waals surface area contributed by atoms with Gasteiger partial charge in [-0.2, -0.15) is 0 Å². The number of anilines is 1. The van der Waals surface area contributed by atoms with E-state index in [1.807, 2.05) is 30.3 Å². The number of carbonyl (C=O) groups is 2. The lowest BCUT2D eigenvalue weighted by Crippen LogP contribution is -2.29. The molecule has 0 unspecified atom stereocenters. The summed E-state index contributed by atoms with van der Waals surface area (Å²) < 4.78 is 0. The first-order valence-corrected chi connectivity index (χ1v) is 9.62. The molecular weight excluding hydrogens is 368 g/mol. The van der Waals surface area contributed by atoms with Crippen LogP contribution in [0.2, 0.25) is 0 Å². The second-order valence-electron chi connectivity index (χ2n) is 7.27. The molecule has 1 fully saturated rings. The van der Waals surface area contributed by atoms with Crippen molar-refractivity contribution >= 4 is 28.4 Å². The van der Waals surface area contributed by atoms with Crippen molar-refractivity contribution in [1.82, 2.24) is 14.9 Å². The van der Waals surface area contributed by atoms with Gasteiger partial charge in [-0.25, -0.2) is 4.98 Å². The molecule has 0 bridgehead atoms. The van der Waals surface area contributed by atoms with Gasteiger partial charge < -0.3 is 14.8 Å². The van der Waals surface area contributed by atoms with Crippen LogP contribution in [0.5, 0.6) is 0 Å². The molecule has 29 heavy (non-hydrogen) atoms. The number of nitrogens with zero attached hydrogens (tertiary/aromatic N) is 3. The summed E-state index contributed by atoms with van der Waals surface area (Å²) in [5.74, 6) is 0.517. The van der Waals surface area contributed by atoms with Crippen LogP contribution in [-0.2, 0) is 22.6 Å². The van der Waals surface area contributed by atoms with Crippen LogP contribution in [0.1, 0.15) is 24.2 Å². The molecule has 0 saturated carbocycles. The third kappa shape index (κ3) is 4.03. The van der Waals surface area contributed by atoms with Crippen LogP contribution < -0.4 is 10.5 Å². The van der Waals surface area contributed by atoms with Crippen molar-refractivity contribution in [1.29, 1.82) is 0 Å². The third-order valence-corrected chi connectivity index (χ3v) is 5.15. The first-order chi connectivity index (χ1) is 14.0. The van der Waals surface area contributed by atoms with E-state index in [4.69, 9.17) is 0 Å². The number of fused-ring (bicyclic) bond motifs is 1. The molecule has 0 atom stereocenters. The number of aromatic nitrogens is 2. The number of H-pyrrole nitrogens is 1. The fourth-order valence-corrected chi connectivity index (χ4v) is 3.55. The quantitative estimate of drug-likeness (QED) is 0.724. The summed E-state index contributed by atoms with van der Waals surface area (Å²) in [5, 5.41) is 0.529. The molecule has 2 aromatic carbocycles. The highest BCUT2D eigenvalue weighted by molar-refractivity contribution is 5.95. The van der Waals surface area contributed by atoms with Gasteiger partial charge in [0.25, 0.3) is 5.56 Å². The molecule has 1 aliphatic heterocycles. The van der Waals surface area contributed by atoms with E-state index in [1.165, 1.54) is 0 Å². The SMILES string of the molecule is CN(Cc1nc2ccccc2c(=O)[nH]1)C(=O)Cc1ccc(N2CCCC2=O)cc1. The van der Waals surface area contributed by atoms with E-state index in [1.54, 1.807) is 35.0 Å². The van der Waals surface area contributed by atoms with Crippen molar-refractivity contribution in [2.24, 2.45) is 0 Å². The number of likely N-dealkylation sites (N-methyl/N-ethyl adjacent to an activating group) is 1. The highest BCUT2D eigenvalue weighted by Gasteiger charge is 2.21. The monoisotopic (exact) mass is 390 g/mol. The number of nitrogens with one attached hydrogen (secondary N) is 1. The number of rotatable bonds is 5. The zero-order chi connectivity index (χ0) is 20.4. The minimum Gasteiger partial charge on any atom is -0.338 e. The molecule has 2 amide bonds. The van der Waals surface area contributed by atoms with E-state index < -0.39 is 0 Å². The Labute approximate surface area is 168 Å². The van der Waals surface area contributed by atoms with E-state index in [9.17, 15) is 14.4 Å². The third-order valence-electron chi connectivity index (χ3n) is 5.15. The fraction of sp³-hybridized carbons (Fsp3) is 0.273. The molecule has 0 spiro atoms. The summed E-state index contributed by atoms with van der Waals surface area (Å²) in [6.45, 7) is 0.968. The predicted octanol–water partition coefficient (Wildman–Crippen LogP) is 2.25. The van der Waals surface area contributed by atoms with Crippen molar-refractivity contribution in [3.8, 4) is 0 Å². The predicted molar refractivity (Wildman–Crippen MR) is 111 cm³/mol. The Hall–Kier alpha value is -3.48. The first kappa shape index (κ1) is 18.9. The van der Waals surface area contributed by atoms with Crippen LogP contribution in [0.15, 0.2) is 53.3 Å². The van der Waals surface area contributed by atoms with Gasteiger partial charge >= 0.3 is 0 Å². The molecule has 1 aromatic heterocycles. The van der Waals surface area contributed by atoms with Crippen LogP contribution in [0.4, 0.5) is 5.69 Å². The average molecular weight is 390 g/mol. The van der Waals surface area contributed by atoms with Crippen molar-refractivity contribution in [3.63, 3.8) is 0 Å². The molecule has 7 heteroatoms. The molecule has 4 rings (SSSR count). The van der Waals surface area contributed by atoms with Gasteiger partial charge in [0.05, 0.1) is 23.9 Å². The van der Waals surface area contributed by atoms with E-state index in [0.29, 0.717) is 23.1 Å². The molecule has 0 aliphatic carbocycles. The molecular formula is C22H22N4O3. The van der Waals surface area contributed by atoms with Crippen molar-refractivity contribution < 1.29 is 9.59 Å². The lowest BCUT2D eigenvalue weighted by Gasteiger charge is -2.18. The summed E-state index contributed by atoms with van der Waals surface area (Å²) >= 11 is 0. The largest absolute Gasteiger partial charge is 0.338 e. The summed E-state index contributed by atoms with van der Waals surface area (Å²) in [5.41, 5.74) is 2.14. The number of hydrogen-bond acceptors (Lipinski definition) is 4. The lowest BCUT2D eigenvalue weighted by atomic mass is 10.1. The Balaban J connectivity index is 1.42. The van der Waals surface area contributed by atoms with Crippen molar-refractivity contribution in [2.45, 2.75) is 25.8 Å². The van der Waals surface area contributed by atoms with Crippen LogP contribution >= 0.6 is 0 Å². The second kappa shape index (κ2) is 7.87. The normalized spacial score (nSPS) is 13.8. The molecule has 2 heterocycles. The van der Waals surface area contributed by atoms with Gasteiger partial charge in [0, 0.05) is 25.7 Å². The number of amides is 2. The minimum absolute atomic E-state index is 0.0780. The van der Waals surface area contributed by atoms with Crippen molar-refractivity contribution in [2.75, 3.05) is 18.5 Å². The van der Waals surface area contributed by atoms with Gasteiger partial charge in [0.2, 0.25) is 11.8 Å². The Morgan fingerprint density at radius 1 is 1.14 bits per heavy atom. The number of para-hydroxylation sites is 1. The topological polar surface area (TPSA) is 86.4 Å². The van der Waals surface area contributed by atoms with E-state index in [2.05, 4.69) is 9.97 Å². The zero-order valence-corrected chi connectivity index (χ0v) is 16.2. The van der Waals surface area contributed by atoms with Gasteiger partial charge in [-0.1, -0.05) is 24.3 Å². The highest BCUT2D eigenvalue weighted by atomic mass is 16.2. The summed E-state index contributed by atoms with van der Waals surface area (Å²) in [4.78, 5) is 47.1. The molecule has 1 N–H and O–H groups in total. The minimum atomic E-state index is -0.210. The maximum absolute atomic E-state index is 12.6. The van der Waals surface area contributed by atoms with E-state index >= 15 is 0 Å². The molecule has 7 nitrogen and oxygen atoms in total. The number of aromatic amines is 1. The highest BCUT2D eigenvalue weighted by Crippen LogP contribution is 2.22. The van der Waals surface area contributed by atoms with Crippen LogP contribution in [0.25, 0.3) is 10.9 Å². The van der Waals surface area contributed by atoms with Gasteiger partial charge in [-0.15, -0.1) is 0 Å². The Kier molecular flexibility index (Phi) is 5.12. The second-order valence-corrected chi connectivity index (χ2v) is 7.27. The van der Waals surface area contributed by atoms with Gasteiger partial charge in [0.1, 0.15) is 5.82 Å². The molecule has 1 aliphatic rings. The van der Waals surface area contributed by atoms with Crippen molar-refractivity contribution in [3.05, 3.63) is 70.3 Å². The zero-order valence-electron chi connectivity index (χ0n) is 16.2. The van der Waals surface area contributed by atoms with Gasteiger partial charge in [-0.05, 0) is 36.2 Å². The maximum Gasteiger partial charge on any atom is 0.258 e. The summed E-state index contributed by atoms with van der Waals surface area (Å²) in [6.07, 6.45) is 1.72. The van der Waals surface area contributed by atoms with Gasteiger partial charge in [0.15, 0.2) is 0 Å². The van der Waals surface area contributed by atoms with E-state index in [-0.39, 0.29) is 30.3 Å². The molecule has 0 radical (unpaired) electrons. The van der Waals surface area contributed by atoms with E-state index in [0.717, 1.165) is 24.2 Å². The number of carbonyl (C=O) groups excluding carboxylic acids is 2.